The quantitative estimate of drug-likeness (QED) is 0.834. The molecule has 0 aliphatic heterocycles. The first-order valence-corrected chi connectivity index (χ1v) is 7.87. The van der Waals surface area contributed by atoms with Crippen molar-refractivity contribution in [2.24, 2.45) is 5.92 Å². The Hall–Kier alpha value is -0.940. The summed E-state index contributed by atoms with van der Waals surface area (Å²) in [5.41, 5.74) is 0.905. The Morgan fingerprint density at radius 2 is 1.74 bits per heavy atom. The van der Waals surface area contributed by atoms with E-state index in [1.54, 1.807) is 20.9 Å². The van der Waals surface area contributed by atoms with Gasteiger partial charge in [-0.1, -0.05) is 20.3 Å². The van der Waals surface area contributed by atoms with Crippen molar-refractivity contribution >= 4 is 10.0 Å². The van der Waals surface area contributed by atoms with Gasteiger partial charge in [-0.2, -0.15) is 0 Å². The van der Waals surface area contributed by atoms with Crippen molar-refractivity contribution in [3.63, 3.8) is 0 Å². The van der Waals surface area contributed by atoms with Crippen molar-refractivity contribution < 1.29 is 12.8 Å². The molecule has 1 rings (SSSR count). The van der Waals surface area contributed by atoms with Gasteiger partial charge in [0.15, 0.2) is 0 Å². The summed E-state index contributed by atoms with van der Waals surface area (Å²) in [7, 11) is -1.98. The number of rotatable bonds is 5. The summed E-state index contributed by atoms with van der Waals surface area (Å²) in [5, 5.41) is 0. The van der Waals surface area contributed by atoms with Gasteiger partial charge in [-0.15, -0.1) is 0 Å². The maximum Gasteiger partial charge on any atom is 0.243 e. The summed E-state index contributed by atoms with van der Waals surface area (Å²) in [6.07, 6.45) is 0.918. The number of benzene rings is 1. The van der Waals surface area contributed by atoms with Gasteiger partial charge in [0.2, 0.25) is 10.0 Å². The molecule has 1 aromatic rings. The van der Waals surface area contributed by atoms with Crippen molar-refractivity contribution in [1.82, 2.24) is 4.31 Å². The van der Waals surface area contributed by atoms with Gasteiger partial charge in [-0.05, 0) is 43.0 Å². The molecule has 0 fully saturated rings. The molecule has 0 saturated heterocycles. The Labute approximate surface area is 115 Å². The molecule has 0 N–H and O–H groups in total. The monoisotopic (exact) mass is 287 g/mol. The third kappa shape index (κ3) is 3.54. The Balaban J connectivity index is 3.21. The van der Waals surface area contributed by atoms with Gasteiger partial charge in [0.25, 0.3) is 0 Å². The number of halogens is 1. The summed E-state index contributed by atoms with van der Waals surface area (Å²) in [6, 6.07) is 2.52. The highest BCUT2D eigenvalue weighted by atomic mass is 32.2. The van der Waals surface area contributed by atoms with Crippen molar-refractivity contribution in [3.8, 4) is 0 Å². The van der Waals surface area contributed by atoms with Crippen LogP contribution in [0.15, 0.2) is 17.0 Å². The van der Waals surface area contributed by atoms with Crippen LogP contribution in [0.5, 0.6) is 0 Å². The maximum atomic E-state index is 13.3. The first kappa shape index (κ1) is 16.1. The highest BCUT2D eigenvalue weighted by Gasteiger charge is 2.26. The fraction of sp³-hybridized carbons (Fsp3) is 0.571. The van der Waals surface area contributed by atoms with Crippen molar-refractivity contribution in [2.75, 3.05) is 13.6 Å². The molecule has 0 saturated carbocycles. The van der Waals surface area contributed by atoms with Gasteiger partial charge in [-0.3, -0.25) is 0 Å². The zero-order valence-electron chi connectivity index (χ0n) is 12.2. The van der Waals surface area contributed by atoms with Crippen molar-refractivity contribution in [2.45, 2.75) is 39.0 Å². The second-order valence-corrected chi connectivity index (χ2v) is 7.15. The molecule has 108 valence electrons. The van der Waals surface area contributed by atoms with Gasteiger partial charge < -0.3 is 0 Å². The Morgan fingerprint density at radius 3 is 2.16 bits per heavy atom. The van der Waals surface area contributed by atoms with Crippen LogP contribution in [0.3, 0.4) is 0 Å². The van der Waals surface area contributed by atoms with E-state index in [1.165, 1.54) is 16.4 Å². The van der Waals surface area contributed by atoms with Crippen LogP contribution in [0.25, 0.3) is 0 Å². The Kier molecular flexibility index (Phi) is 5.10. The van der Waals surface area contributed by atoms with Crippen LogP contribution >= 0.6 is 0 Å². The lowest BCUT2D eigenvalue weighted by Gasteiger charge is -2.22. The standard InChI is InChI=1S/C14H22FNO2S/c1-6-10(2)9-16(5)19(17,18)14-11(3)7-13(15)8-12(14)4/h7-8,10H,6,9H2,1-5H3. The summed E-state index contributed by atoms with van der Waals surface area (Å²) in [5.74, 6) is -0.112. The highest BCUT2D eigenvalue weighted by Crippen LogP contribution is 2.24. The van der Waals surface area contributed by atoms with Crippen LogP contribution < -0.4 is 0 Å². The van der Waals surface area contributed by atoms with Gasteiger partial charge in [0.1, 0.15) is 5.82 Å². The number of hydrogen-bond donors (Lipinski definition) is 0. The van der Waals surface area contributed by atoms with Gasteiger partial charge in [0, 0.05) is 13.6 Å². The molecular formula is C14H22FNO2S. The third-order valence-electron chi connectivity index (χ3n) is 3.36. The molecule has 0 radical (unpaired) electrons. The van der Waals surface area contributed by atoms with Gasteiger partial charge in [0.05, 0.1) is 4.90 Å². The van der Waals surface area contributed by atoms with Crippen LogP contribution in [0.4, 0.5) is 4.39 Å². The van der Waals surface area contributed by atoms with Crippen LogP contribution in [-0.2, 0) is 10.0 Å². The average molecular weight is 287 g/mol. The minimum atomic E-state index is -3.56. The summed E-state index contributed by atoms with van der Waals surface area (Å²) in [4.78, 5) is 0.222. The molecule has 0 aliphatic carbocycles. The molecule has 0 aromatic heterocycles. The van der Waals surface area contributed by atoms with Gasteiger partial charge in [-0.25, -0.2) is 17.1 Å². The molecule has 1 unspecified atom stereocenters. The number of nitrogens with zero attached hydrogens (tertiary/aromatic N) is 1. The molecule has 5 heteroatoms. The van der Waals surface area contributed by atoms with Crippen LogP contribution in [0.1, 0.15) is 31.4 Å². The topological polar surface area (TPSA) is 37.4 Å². The fourth-order valence-electron chi connectivity index (χ4n) is 2.13. The lowest BCUT2D eigenvalue weighted by Crippen LogP contribution is -2.32. The van der Waals surface area contributed by atoms with E-state index < -0.39 is 15.8 Å². The molecule has 0 aliphatic rings. The highest BCUT2D eigenvalue weighted by molar-refractivity contribution is 7.89. The molecule has 0 amide bonds. The molecule has 3 nitrogen and oxygen atoms in total. The second-order valence-electron chi connectivity index (χ2n) is 5.17. The minimum absolute atomic E-state index is 0.222. The van der Waals surface area contributed by atoms with E-state index in [4.69, 9.17) is 0 Å². The lowest BCUT2D eigenvalue weighted by molar-refractivity contribution is 0.393. The minimum Gasteiger partial charge on any atom is -0.207 e. The molecule has 0 spiro atoms. The molecule has 1 atom stereocenters. The predicted octanol–water partition coefficient (Wildman–Crippen LogP) is 3.11. The summed E-state index contributed by atoms with van der Waals surface area (Å²) < 4.78 is 39.7. The van der Waals surface area contributed by atoms with E-state index in [0.717, 1.165) is 6.42 Å². The van der Waals surface area contributed by atoms with E-state index in [2.05, 4.69) is 0 Å². The van der Waals surface area contributed by atoms with E-state index in [9.17, 15) is 12.8 Å². The smallest absolute Gasteiger partial charge is 0.207 e. The largest absolute Gasteiger partial charge is 0.243 e. The van der Waals surface area contributed by atoms with E-state index in [1.807, 2.05) is 13.8 Å². The molecule has 19 heavy (non-hydrogen) atoms. The van der Waals surface area contributed by atoms with Crippen LogP contribution in [0.2, 0.25) is 0 Å². The maximum absolute atomic E-state index is 13.3. The average Bonchev–Trinajstić information content (AvgIpc) is 2.26. The van der Waals surface area contributed by atoms with Crippen LogP contribution in [-0.4, -0.2) is 26.3 Å². The van der Waals surface area contributed by atoms with E-state index in [0.29, 0.717) is 23.6 Å². The normalized spacial score (nSPS) is 13.8. The predicted molar refractivity (Wildman–Crippen MR) is 75.1 cm³/mol. The lowest BCUT2D eigenvalue weighted by atomic mass is 10.1. The Bertz CT molecular complexity index is 532. The fourth-order valence-corrected chi connectivity index (χ4v) is 3.82. The summed E-state index contributed by atoms with van der Waals surface area (Å²) in [6.45, 7) is 7.76. The first-order chi connectivity index (χ1) is 8.70. The molecule has 1 aromatic carbocycles. The SMILES string of the molecule is CCC(C)CN(C)S(=O)(=O)c1c(C)cc(F)cc1C. The Morgan fingerprint density at radius 1 is 1.26 bits per heavy atom. The zero-order chi connectivity index (χ0) is 14.8. The van der Waals surface area contributed by atoms with E-state index in [-0.39, 0.29) is 4.90 Å². The second kappa shape index (κ2) is 6.01. The van der Waals surface area contributed by atoms with E-state index >= 15 is 0 Å². The molecular weight excluding hydrogens is 265 g/mol. The van der Waals surface area contributed by atoms with Crippen molar-refractivity contribution in [1.29, 1.82) is 0 Å². The number of aryl methyl sites for hydroxylation is 2. The van der Waals surface area contributed by atoms with Crippen molar-refractivity contribution in [3.05, 3.63) is 29.1 Å². The summed E-state index contributed by atoms with van der Waals surface area (Å²) >= 11 is 0. The number of hydrogen-bond acceptors (Lipinski definition) is 2. The molecule has 0 heterocycles. The third-order valence-corrected chi connectivity index (χ3v) is 5.49. The molecule has 0 bridgehead atoms. The van der Waals surface area contributed by atoms with Gasteiger partial charge >= 0.3 is 0 Å². The zero-order valence-corrected chi connectivity index (χ0v) is 13.0. The first-order valence-electron chi connectivity index (χ1n) is 6.43. The number of sulfonamides is 1. The van der Waals surface area contributed by atoms with Crippen LogP contribution in [0, 0.1) is 25.6 Å².